The van der Waals surface area contributed by atoms with Crippen molar-refractivity contribution in [2.24, 2.45) is 0 Å². The molecule has 0 heterocycles. The predicted octanol–water partition coefficient (Wildman–Crippen LogP) is 4.48. The number of phenolic OH excluding ortho intramolecular Hbond substituents is 1. The molecule has 0 aromatic heterocycles. The minimum Gasteiger partial charge on any atom is -0.507 e. The first-order chi connectivity index (χ1) is 9.51. The molecule has 106 valence electrons. The van der Waals surface area contributed by atoms with E-state index >= 15 is 0 Å². The zero-order chi connectivity index (χ0) is 14.7. The maximum atomic E-state index is 13.0. The lowest BCUT2D eigenvalue weighted by Crippen LogP contribution is -2.07. The molecule has 0 amide bonds. The van der Waals surface area contributed by atoms with E-state index in [2.05, 4.69) is 21.2 Å². The van der Waals surface area contributed by atoms with Crippen LogP contribution < -0.4 is 10.1 Å². The summed E-state index contributed by atoms with van der Waals surface area (Å²) in [7, 11) is 1.60. The van der Waals surface area contributed by atoms with Gasteiger partial charge in [0.25, 0.3) is 0 Å². The fraction of sp³-hybridized carbons (Fsp3) is 0.200. The van der Waals surface area contributed by atoms with E-state index in [1.165, 1.54) is 6.07 Å². The van der Waals surface area contributed by atoms with Crippen LogP contribution in [0.5, 0.6) is 11.5 Å². The Labute approximate surface area is 125 Å². The van der Waals surface area contributed by atoms with Gasteiger partial charge in [-0.1, -0.05) is 6.07 Å². The molecule has 0 spiro atoms. The largest absolute Gasteiger partial charge is 0.507 e. The Hall–Kier alpha value is -1.75. The second-order valence-corrected chi connectivity index (χ2v) is 5.27. The van der Waals surface area contributed by atoms with Crippen molar-refractivity contribution in [3.05, 3.63) is 52.3 Å². The van der Waals surface area contributed by atoms with Crippen molar-refractivity contribution < 1.29 is 14.2 Å². The Morgan fingerprint density at radius 2 is 2.00 bits per heavy atom. The normalized spacial score (nSPS) is 12.0. The van der Waals surface area contributed by atoms with Crippen LogP contribution in [0.25, 0.3) is 0 Å². The van der Waals surface area contributed by atoms with Gasteiger partial charge in [0.15, 0.2) is 0 Å². The summed E-state index contributed by atoms with van der Waals surface area (Å²) in [6.07, 6.45) is 0. The van der Waals surface area contributed by atoms with E-state index in [1.807, 2.05) is 25.1 Å². The molecule has 20 heavy (non-hydrogen) atoms. The van der Waals surface area contributed by atoms with Gasteiger partial charge in [-0.25, -0.2) is 4.39 Å². The molecule has 0 bridgehead atoms. The molecule has 2 aromatic carbocycles. The van der Waals surface area contributed by atoms with Gasteiger partial charge in [-0.3, -0.25) is 0 Å². The molecule has 0 saturated carbocycles. The Kier molecular flexibility index (Phi) is 4.49. The van der Waals surface area contributed by atoms with Gasteiger partial charge in [-0.2, -0.15) is 0 Å². The third-order valence-corrected chi connectivity index (χ3v) is 3.65. The van der Waals surface area contributed by atoms with Gasteiger partial charge in [0.2, 0.25) is 0 Å². The molecular formula is C15H15BrFNO2. The van der Waals surface area contributed by atoms with Gasteiger partial charge >= 0.3 is 0 Å². The Balaban J connectivity index is 2.21. The van der Waals surface area contributed by atoms with Crippen molar-refractivity contribution >= 4 is 21.6 Å². The van der Waals surface area contributed by atoms with Gasteiger partial charge in [0.1, 0.15) is 17.3 Å². The molecule has 0 saturated heterocycles. The van der Waals surface area contributed by atoms with Crippen LogP contribution in [0.2, 0.25) is 0 Å². The molecule has 5 heteroatoms. The minimum absolute atomic E-state index is 0.0610. The zero-order valence-corrected chi connectivity index (χ0v) is 12.7. The van der Waals surface area contributed by atoms with E-state index in [1.54, 1.807) is 13.2 Å². The zero-order valence-electron chi connectivity index (χ0n) is 11.2. The first-order valence-corrected chi connectivity index (χ1v) is 6.89. The van der Waals surface area contributed by atoms with Gasteiger partial charge in [-0.15, -0.1) is 0 Å². The molecule has 0 aliphatic heterocycles. The second kappa shape index (κ2) is 6.13. The number of benzene rings is 2. The summed E-state index contributed by atoms with van der Waals surface area (Å²) in [5.74, 6) is 0.198. The van der Waals surface area contributed by atoms with Crippen LogP contribution in [-0.4, -0.2) is 12.2 Å². The van der Waals surface area contributed by atoms with Crippen molar-refractivity contribution in [2.45, 2.75) is 13.0 Å². The molecular weight excluding hydrogens is 325 g/mol. The number of aromatic hydroxyl groups is 1. The summed E-state index contributed by atoms with van der Waals surface area (Å²) in [4.78, 5) is 0. The van der Waals surface area contributed by atoms with Crippen molar-refractivity contribution in [3.8, 4) is 11.5 Å². The van der Waals surface area contributed by atoms with Crippen LogP contribution in [0, 0.1) is 5.82 Å². The van der Waals surface area contributed by atoms with Crippen molar-refractivity contribution in [1.29, 1.82) is 0 Å². The first kappa shape index (κ1) is 14.7. The van der Waals surface area contributed by atoms with Crippen LogP contribution in [0.15, 0.2) is 40.9 Å². The van der Waals surface area contributed by atoms with Crippen LogP contribution in [-0.2, 0) is 0 Å². The molecule has 2 rings (SSSR count). The molecule has 1 atom stereocenters. The number of nitrogens with one attached hydrogen (secondary N) is 1. The fourth-order valence-corrected chi connectivity index (χ4v) is 2.37. The minimum atomic E-state index is -0.455. The number of hydrogen-bond acceptors (Lipinski definition) is 3. The highest BCUT2D eigenvalue weighted by atomic mass is 79.9. The van der Waals surface area contributed by atoms with E-state index in [4.69, 9.17) is 4.74 Å². The average molecular weight is 340 g/mol. The van der Waals surface area contributed by atoms with E-state index < -0.39 is 5.82 Å². The van der Waals surface area contributed by atoms with E-state index in [-0.39, 0.29) is 11.8 Å². The van der Waals surface area contributed by atoms with E-state index in [0.29, 0.717) is 11.3 Å². The molecule has 0 aliphatic rings. The average Bonchev–Trinajstić information content (AvgIpc) is 2.40. The van der Waals surface area contributed by atoms with Crippen LogP contribution in [0.3, 0.4) is 0 Å². The van der Waals surface area contributed by atoms with Crippen molar-refractivity contribution in [1.82, 2.24) is 0 Å². The topological polar surface area (TPSA) is 41.5 Å². The summed E-state index contributed by atoms with van der Waals surface area (Å²) < 4.78 is 19.1. The Morgan fingerprint density at radius 1 is 1.25 bits per heavy atom. The molecule has 1 unspecified atom stereocenters. The number of methoxy groups -OCH3 is 1. The summed E-state index contributed by atoms with van der Waals surface area (Å²) in [5, 5.41) is 13.0. The van der Waals surface area contributed by atoms with Crippen LogP contribution >= 0.6 is 15.9 Å². The third kappa shape index (κ3) is 3.22. The lowest BCUT2D eigenvalue weighted by Gasteiger charge is -2.17. The first-order valence-electron chi connectivity index (χ1n) is 6.09. The van der Waals surface area contributed by atoms with E-state index in [0.717, 1.165) is 16.2 Å². The van der Waals surface area contributed by atoms with Gasteiger partial charge in [0, 0.05) is 23.4 Å². The Bertz CT molecular complexity index is 619. The van der Waals surface area contributed by atoms with Crippen LogP contribution in [0.4, 0.5) is 10.1 Å². The smallest absolute Gasteiger partial charge is 0.135 e. The molecule has 0 radical (unpaired) electrons. The standard InChI is InChI=1S/C15H15BrFNO2/c1-9(12-5-3-10(17)7-14(12)19)18-11-4-6-13(16)15(8-11)20-2/h3-9,18-19H,1-2H3. The molecule has 0 aliphatic carbocycles. The summed E-state index contributed by atoms with van der Waals surface area (Å²) in [5.41, 5.74) is 1.48. The Morgan fingerprint density at radius 3 is 2.65 bits per heavy atom. The fourth-order valence-electron chi connectivity index (χ4n) is 1.96. The van der Waals surface area contributed by atoms with Gasteiger partial charge in [0.05, 0.1) is 17.6 Å². The molecule has 2 N–H and O–H groups in total. The maximum Gasteiger partial charge on any atom is 0.135 e. The summed E-state index contributed by atoms with van der Waals surface area (Å²) >= 11 is 3.39. The third-order valence-electron chi connectivity index (χ3n) is 2.99. The number of halogens is 2. The van der Waals surface area contributed by atoms with Gasteiger partial charge < -0.3 is 15.2 Å². The SMILES string of the molecule is COc1cc(NC(C)c2ccc(F)cc2O)ccc1Br. The van der Waals surface area contributed by atoms with Gasteiger partial charge in [-0.05, 0) is 41.1 Å². The second-order valence-electron chi connectivity index (χ2n) is 4.42. The van der Waals surface area contributed by atoms with Crippen LogP contribution in [0.1, 0.15) is 18.5 Å². The highest BCUT2D eigenvalue weighted by molar-refractivity contribution is 9.10. The predicted molar refractivity (Wildman–Crippen MR) is 80.8 cm³/mol. The molecule has 2 aromatic rings. The van der Waals surface area contributed by atoms with E-state index in [9.17, 15) is 9.50 Å². The number of anilines is 1. The number of ether oxygens (including phenoxy) is 1. The monoisotopic (exact) mass is 339 g/mol. The number of phenols is 1. The number of hydrogen-bond donors (Lipinski definition) is 2. The lowest BCUT2D eigenvalue weighted by molar-refractivity contribution is 0.412. The molecule has 0 fully saturated rings. The summed E-state index contributed by atoms with van der Waals surface area (Å²) in [6, 6.07) is 9.45. The quantitative estimate of drug-likeness (QED) is 0.863. The number of rotatable bonds is 4. The molecule has 3 nitrogen and oxygen atoms in total. The van der Waals surface area contributed by atoms with Crippen molar-refractivity contribution in [2.75, 3.05) is 12.4 Å². The highest BCUT2D eigenvalue weighted by Gasteiger charge is 2.12. The van der Waals surface area contributed by atoms with Crippen molar-refractivity contribution in [3.63, 3.8) is 0 Å². The highest BCUT2D eigenvalue weighted by Crippen LogP contribution is 2.31. The lowest BCUT2D eigenvalue weighted by atomic mass is 10.1. The summed E-state index contributed by atoms with van der Waals surface area (Å²) in [6.45, 7) is 1.89. The maximum absolute atomic E-state index is 13.0.